The first kappa shape index (κ1) is 21.3. The fraction of sp³-hybridized carbons (Fsp3) is 0.208. The molecule has 0 bridgehead atoms. The van der Waals surface area contributed by atoms with E-state index in [2.05, 4.69) is 0 Å². The SMILES string of the molecule is Cc1cc(C(=O)COC(=O)Cn2c(=O)oc3ccccc32)c(C)n1Cc1ccc(F)cc1. The zero-order chi connectivity index (χ0) is 22.8. The highest BCUT2D eigenvalue weighted by molar-refractivity contribution is 5.99. The van der Waals surface area contributed by atoms with Gasteiger partial charge in [-0.2, -0.15) is 0 Å². The van der Waals surface area contributed by atoms with Crippen LogP contribution in [-0.2, 0) is 22.6 Å². The third-order valence-corrected chi connectivity index (χ3v) is 5.35. The number of benzene rings is 2. The fourth-order valence-electron chi connectivity index (χ4n) is 3.66. The van der Waals surface area contributed by atoms with Crippen LogP contribution in [0.1, 0.15) is 27.3 Å². The Labute approximate surface area is 182 Å². The number of hydrogen-bond donors (Lipinski definition) is 0. The van der Waals surface area contributed by atoms with Gasteiger partial charge in [-0.25, -0.2) is 9.18 Å². The van der Waals surface area contributed by atoms with Gasteiger partial charge in [0.1, 0.15) is 12.4 Å². The quantitative estimate of drug-likeness (QED) is 0.326. The number of carbonyl (C=O) groups is 2. The van der Waals surface area contributed by atoms with E-state index < -0.39 is 18.3 Å². The summed E-state index contributed by atoms with van der Waals surface area (Å²) in [6.45, 7) is 3.37. The molecule has 0 aliphatic rings. The lowest BCUT2D eigenvalue weighted by molar-refractivity contribution is -0.143. The van der Waals surface area contributed by atoms with E-state index in [0.717, 1.165) is 21.5 Å². The molecule has 0 fully saturated rings. The van der Waals surface area contributed by atoms with Gasteiger partial charge in [0.2, 0.25) is 5.78 Å². The van der Waals surface area contributed by atoms with E-state index in [1.807, 2.05) is 18.4 Å². The molecule has 0 atom stereocenters. The van der Waals surface area contributed by atoms with Crippen LogP contribution in [0.25, 0.3) is 11.1 Å². The number of carbonyl (C=O) groups excluding carboxylic acids is 2. The predicted octanol–water partition coefficient (Wildman–Crippen LogP) is 3.63. The first-order valence-electron chi connectivity index (χ1n) is 10.0. The molecule has 0 saturated carbocycles. The van der Waals surface area contributed by atoms with E-state index in [0.29, 0.717) is 23.2 Å². The van der Waals surface area contributed by atoms with Crippen LogP contribution in [0.5, 0.6) is 0 Å². The van der Waals surface area contributed by atoms with Gasteiger partial charge in [0.05, 0.1) is 5.52 Å². The average Bonchev–Trinajstić information content (AvgIpc) is 3.24. The van der Waals surface area contributed by atoms with E-state index in [9.17, 15) is 18.8 Å². The van der Waals surface area contributed by atoms with Gasteiger partial charge in [-0.1, -0.05) is 24.3 Å². The molecule has 2 heterocycles. The van der Waals surface area contributed by atoms with Crippen molar-refractivity contribution in [3.05, 3.63) is 93.5 Å². The molecule has 0 N–H and O–H groups in total. The molecule has 0 unspecified atom stereocenters. The van der Waals surface area contributed by atoms with Gasteiger partial charge < -0.3 is 13.7 Å². The maximum atomic E-state index is 13.1. The van der Waals surface area contributed by atoms with Crippen LogP contribution in [0.2, 0.25) is 0 Å². The number of ketones is 1. The summed E-state index contributed by atoms with van der Waals surface area (Å²) in [5, 5.41) is 0. The molecule has 2 aromatic carbocycles. The van der Waals surface area contributed by atoms with Gasteiger partial charge in [0.25, 0.3) is 0 Å². The normalized spacial score (nSPS) is 11.1. The lowest BCUT2D eigenvalue weighted by Gasteiger charge is -2.10. The maximum absolute atomic E-state index is 13.1. The van der Waals surface area contributed by atoms with E-state index in [4.69, 9.17) is 9.15 Å². The molecule has 4 aromatic rings. The standard InChI is InChI=1S/C24H21FN2O5/c1-15-11-19(16(2)26(15)12-17-7-9-18(25)10-8-17)21(28)14-31-23(29)13-27-20-5-3-4-6-22(20)32-24(27)30/h3-11H,12-14H2,1-2H3. The van der Waals surface area contributed by atoms with Gasteiger partial charge in [-0.15, -0.1) is 0 Å². The maximum Gasteiger partial charge on any atom is 0.420 e. The molecule has 2 aromatic heterocycles. The van der Waals surface area contributed by atoms with Gasteiger partial charge in [-0.3, -0.25) is 14.2 Å². The number of oxazole rings is 1. The zero-order valence-corrected chi connectivity index (χ0v) is 17.6. The Bertz CT molecular complexity index is 1360. The predicted molar refractivity (Wildman–Crippen MR) is 115 cm³/mol. The molecule has 32 heavy (non-hydrogen) atoms. The minimum absolute atomic E-state index is 0.307. The molecule has 0 radical (unpaired) electrons. The third kappa shape index (κ3) is 4.25. The van der Waals surface area contributed by atoms with Gasteiger partial charge in [-0.05, 0) is 49.7 Å². The second-order valence-electron chi connectivity index (χ2n) is 7.50. The summed E-state index contributed by atoms with van der Waals surface area (Å²) in [6.07, 6.45) is 0. The number of hydrogen-bond acceptors (Lipinski definition) is 5. The monoisotopic (exact) mass is 436 g/mol. The molecule has 0 spiro atoms. The number of nitrogens with zero attached hydrogens (tertiary/aromatic N) is 2. The Kier molecular flexibility index (Phi) is 5.77. The first-order chi connectivity index (χ1) is 15.3. The number of aromatic nitrogens is 2. The Hall–Kier alpha value is -3.94. The van der Waals surface area contributed by atoms with Crippen molar-refractivity contribution < 1.29 is 23.1 Å². The Morgan fingerprint density at radius 2 is 1.75 bits per heavy atom. The van der Waals surface area contributed by atoms with Crippen molar-refractivity contribution in [3.8, 4) is 0 Å². The van der Waals surface area contributed by atoms with Crippen LogP contribution >= 0.6 is 0 Å². The second-order valence-corrected chi connectivity index (χ2v) is 7.50. The van der Waals surface area contributed by atoms with E-state index >= 15 is 0 Å². The number of esters is 1. The number of ether oxygens (including phenoxy) is 1. The van der Waals surface area contributed by atoms with Gasteiger partial charge in [0, 0.05) is 23.5 Å². The largest absolute Gasteiger partial charge is 0.456 e. The van der Waals surface area contributed by atoms with Crippen molar-refractivity contribution in [2.75, 3.05) is 6.61 Å². The van der Waals surface area contributed by atoms with Crippen molar-refractivity contribution in [2.24, 2.45) is 0 Å². The van der Waals surface area contributed by atoms with E-state index in [1.165, 1.54) is 12.1 Å². The number of Topliss-reactive ketones (excluding diaryl/α,β-unsaturated/α-hetero) is 1. The molecule has 0 aliphatic heterocycles. The van der Waals surface area contributed by atoms with Crippen molar-refractivity contribution in [1.82, 2.24) is 9.13 Å². The van der Waals surface area contributed by atoms with Crippen LogP contribution in [-0.4, -0.2) is 27.5 Å². The topological polar surface area (TPSA) is 83.4 Å². The highest BCUT2D eigenvalue weighted by Gasteiger charge is 2.19. The molecular formula is C24H21FN2O5. The van der Waals surface area contributed by atoms with E-state index in [1.54, 1.807) is 42.5 Å². The van der Waals surface area contributed by atoms with Crippen LogP contribution in [0.15, 0.2) is 63.8 Å². The summed E-state index contributed by atoms with van der Waals surface area (Å²) in [7, 11) is 0. The summed E-state index contributed by atoms with van der Waals surface area (Å²) >= 11 is 0. The summed E-state index contributed by atoms with van der Waals surface area (Å²) in [5.74, 6) is -2.04. The number of fused-ring (bicyclic) bond motifs is 1. The molecule has 8 heteroatoms. The molecule has 0 saturated heterocycles. The van der Waals surface area contributed by atoms with Crippen LogP contribution in [0.3, 0.4) is 0 Å². The molecule has 7 nitrogen and oxygen atoms in total. The smallest absolute Gasteiger partial charge is 0.420 e. The van der Waals surface area contributed by atoms with Crippen molar-refractivity contribution in [2.45, 2.75) is 26.9 Å². The van der Waals surface area contributed by atoms with Crippen molar-refractivity contribution >= 4 is 22.9 Å². The Balaban J connectivity index is 1.42. The lowest BCUT2D eigenvalue weighted by Crippen LogP contribution is -2.23. The molecule has 0 aliphatic carbocycles. The number of rotatable bonds is 7. The zero-order valence-electron chi connectivity index (χ0n) is 17.6. The minimum atomic E-state index is -0.716. The van der Waals surface area contributed by atoms with Crippen LogP contribution < -0.4 is 5.76 Å². The summed E-state index contributed by atoms with van der Waals surface area (Å²) in [5.41, 5.74) is 3.78. The molecule has 4 rings (SSSR count). The lowest BCUT2D eigenvalue weighted by atomic mass is 10.1. The highest BCUT2D eigenvalue weighted by Crippen LogP contribution is 2.18. The van der Waals surface area contributed by atoms with E-state index in [-0.39, 0.29) is 18.1 Å². The number of para-hydroxylation sites is 2. The number of halogens is 1. The molecular weight excluding hydrogens is 415 g/mol. The number of aryl methyl sites for hydroxylation is 1. The first-order valence-corrected chi connectivity index (χ1v) is 10.0. The van der Waals surface area contributed by atoms with Crippen LogP contribution in [0, 0.1) is 19.7 Å². The Morgan fingerprint density at radius 1 is 1.03 bits per heavy atom. The molecule has 0 amide bonds. The summed E-state index contributed by atoms with van der Waals surface area (Å²) in [6, 6.07) is 14.6. The average molecular weight is 436 g/mol. The third-order valence-electron chi connectivity index (χ3n) is 5.35. The fourth-order valence-corrected chi connectivity index (χ4v) is 3.66. The highest BCUT2D eigenvalue weighted by atomic mass is 19.1. The molecule has 164 valence electrons. The van der Waals surface area contributed by atoms with Gasteiger partial charge >= 0.3 is 11.7 Å². The van der Waals surface area contributed by atoms with Crippen LogP contribution in [0.4, 0.5) is 4.39 Å². The summed E-state index contributed by atoms with van der Waals surface area (Å²) < 4.78 is 26.5. The van der Waals surface area contributed by atoms with Gasteiger partial charge in [0.15, 0.2) is 12.2 Å². The summed E-state index contributed by atoms with van der Waals surface area (Å²) in [4.78, 5) is 36.9. The van der Waals surface area contributed by atoms with Crippen molar-refractivity contribution in [3.63, 3.8) is 0 Å². The van der Waals surface area contributed by atoms with Crippen molar-refractivity contribution in [1.29, 1.82) is 0 Å². The Morgan fingerprint density at radius 3 is 2.50 bits per heavy atom. The minimum Gasteiger partial charge on any atom is -0.456 e. The second kappa shape index (κ2) is 8.66.